The van der Waals surface area contributed by atoms with E-state index in [1.807, 2.05) is 23.1 Å². The number of fused-ring (bicyclic) bond motifs is 1. The van der Waals surface area contributed by atoms with Crippen molar-refractivity contribution in [3.05, 3.63) is 53.0 Å². The van der Waals surface area contributed by atoms with Gasteiger partial charge in [0.25, 0.3) is 5.91 Å². The number of nitrogens with zero attached hydrogens (tertiary/aromatic N) is 2. The van der Waals surface area contributed by atoms with E-state index in [-0.39, 0.29) is 11.9 Å². The van der Waals surface area contributed by atoms with E-state index >= 15 is 0 Å². The zero-order chi connectivity index (χ0) is 18.1. The summed E-state index contributed by atoms with van der Waals surface area (Å²) in [5.41, 5.74) is 1.55. The molecule has 0 aliphatic carbocycles. The van der Waals surface area contributed by atoms with Crippen molar-refractivity contribution in [2.75, 3.05) is 20.8 Å². The van der Waals surface area contributed by atoms with Gasteiger partial charge in [-0.15, -0.1) is 11.3 Å². The zero-order valence-electron chi connectivity index (χ0n) is 14.8. The van der Waals surface area contributed by atoms with Gasteiger partial charge in [-0.25, -0.2) is 4.98 Å². The van der Waals surface area contributed by atoms with Crippen LogP contribution in [0.3, 0.4) is 0 Å². The third-order valence-electron chi connectivity index (χ3n) is 4.75. The summed E-state index contributed by atoms with van der Waals surface area (Å²) >= 11 is 1.67. The molecule has 5 nitrogen and oxygen atoms in total. The number of ether oxygens (including phenoxy) is 2. The highest BCUT2D eigenvalue weighted by Crippen LogP contribution is 2.38. The molecule has 0 spiro atoms. The number of carbonyl (C=O) groups is 1. The molecule has 134 valence electrons. The maximum absolute atomic E-state index is 13.2. The number of para-hydroxylation sites is 1. The molecule has 0 radical (unpaired) electrons. The van der Waals surface area contributed by atoms with Gasteiger partial charge in [-0.05, 0) is 37.1 Å². The Hall–Kier alpha value is -2.60. The molecule has 4 rings (SSSR count). The molecule has 26 heavy (non-hydrogen) atoms. The Morgan fingerprint density at radius 2 is 2.04 bits per heavy atom. The van der Waals surface area contributed by atoms with Gasteiger partial charge in [0.1, 0.15) is 16.5 Å². The third-order valence-corrected chi connectivity index (χ3v) is 5.89. The van der Waals surface area contributed by atoms with Gasteiger partial charge < -0.3 is 14.4 Å². The van der Waals surface area contributed by atoms with Gasteiger partial charge in [0.2, 0.25) is 0 Å². The average Bonchev–Trinajstić information content (AvgIpc) is 3.33. The summed E-state index contributed by atoms with van der Waals surface area (Å²) in [7, 11) is 3.17. The van der Waals surface area contributed by atoms with Gasteiger partial charge in [0.15, 0.2) is 0 Å². The maximum Gasteiger partial charge on any atom is 0.258 e. The van der Waals surface area contributed by atoms with E-state index in [9.17, 15) is 4.79 Å². The molecule has 0 saturated carbocycles. The zero-order valence-corrected chi connectivity index (χ0v) is 15.6. The predicted octanol–water partition coefficient (Wildman–Crippen LogP) is 4.29. The van der Waals surface area contributed by atoms with Crippen LogP contribution < -0.4 is 9.47 Å². The molecule has 1 aliphatic heterocycles. The summed E-state index contributed by atoms with van der Waals surface area (Å²) in [4.78, 5) is 19.9. The normalized spacial score (nSPS) is 16.8. The molecule has 3 aromatic rings. The van der Waals surface area contributed by atoms with Gasteiger partial charge in [0.05, 0.1) is 36.0 Å². The minimum Gasteiger partial charge on any atom is -0.497 e. The van der Waals surface area contributed by atoms with Crippen molar-refractivity contribution in [3.8, 4) is 11.5 Å². The Morgan fingerprint density at radius 1 is 1.19 bits per heavy atom. The highest BCUT2D eigenvalue weighted by Gasteiger charge is 2.34. The second kappa shape index (κ2) is 6.96. The van der Waals surface area contributed by atoms with Crippen LogP contribution >= 0.6 is 11.3 Å². The maximum atomic E-state index is 13.2. The van der Waals surface area contributed by atoms with Crippen molar-refractivity contribution in [1.29, 1.82) is 0 Å². The molecule has 1 unspecified atom stereocenters. The Kier molecular flexibility index (Phi) is 4.51. The molecule has 1 aromatic heterocycles. The van der Waals surface area contributed by atoms with Crippen LogP contribution in [0.4, 0.5) is 0 Å². The first kappa shape index (κ1) is 16.8. The first-order valence-electron chi connectivity index (χ1n) is 8.59. The standard InChI is InChI=1S/C20H20N2O3S/c1-24-13-9-10-14(17(12-13)25-2)20(23)22-11-5-7-16(22)19-21-15-6-3-4-8-18(15)26-19/h3-4,6,8-10,12,16H,5,7,11H2,1-2H3. The van der Waals surface area contributed by atoms with E-state index in [1.54, 1.807) is 43.8 Å². The number of hydrogen-bond donors (Lipinski definition) is 0. The Morgan fingerprint density at radius 3 is 2.81 bits per heavy atom. The van der Waals surface area contributed by atoms with E-state index in [4.69, 9.17) is 14.5 Å². The SMILES string of the molecule is COc1ccc(C(=O)N2CCCC2c2nc3ccccc3s2)c(OC)c1. The first-order valence-corrected chi connectivity index (χ1v) is 9.41. The molecule has 0 bridgehead atoms. The summed E-state index contributed by atoms with van der Waals surface area (Å²) in [6.07, 6.45) is 1.91. The van der Waals surface area contributed by atoms with Crippen LogP contribution in [0.15, 0.2) is 42.5 Å². The van der Waals surface area contributed by atoms with Crippen molar-refractivity contribution >= 4 is 27.5 Å². The van der Waals surface area contributed by atoms with Crippen molar-refractivity contribution in [1.82, 2.24) is 9.88 Å². The molecular formula is C20H20N2O3S. The predicted molar refractivity (Wildman–Crippen MR) is 102 cm³/mol. The number of aromatic nitrogens is 1. The van der Waals surface area contributed by atoms with Crippen LogP contribution in [-0.4, -0.2) is 36.6 Å². The summed E-state index contributed by atoms with van der Waals surface area (Å²) < 4.78 is 11.8. The molecular weight excluding hydrogens is 348 g/mol. The number of carbonyl (C=O) groups excluding carboxylic acids is 1. The van der Waals surface area contributed by atoms with Crippen LogP contribution in [0.1, 0.15) is 34.2 Å². The minimum absolute atomic E-state index is 0.0201. The lowest BCUT2D eigenvalue weighted by atomic mass is 10.1. The van der Waals surface area contributed by atoms with Crippen LogP contribution in [0.5, 0.6) is 11.5 Å². The smallest absolute Gasteiger partial charge is 0.258 e. The van der Waals surface area contributed by atoms with E-state index in [1.165, 1.54) is 0 Å². The Bertz CT molecular complexity index is 920. The number of rotatable bonds is 4. The summed E-state index contributed by atoms with van der Waals surface area (Å²) in [6, 6.07) is 13.4. The van der Waals surface area contributed by atoms with Crippen molar-refractivity contribution < 1.29 is 14.3 Å². The highest BCUT2D eigenvalue weighted by molar-refractivity contribution is 7.18. The largest absolute Gasteiger partial charge is 0.497 e. The molecule has 1 fully saturated rings. The van der Waals surface area contributed by atoms with Crippen molar-refractivity contribution in [2.24, 2.45) is 0 Å². The third kappa shape index (κ3) is 2.90. The van der Waals surface area contributed by atoms with Crippen LogP contribution in [0, 0.1) is 0 Å². The van der Waals surface area contributed by atoms with Crippen molar-refractivity contribution in [3.63, 3.8) is 0 Å². The molecule has 1 amide bonds. The lowest BCUT2D eigenvalue weighted by Crippen LogP contribution is -2.30. The van der Waals surface area contributed by atoms with Crippen LogP contribution in [0.25, 0.3) is 10.2 Å². The van der Waals surface area contributed by atoms with Gasteiger partial charge in [-0.2, -0.15) is 0 Å². The summed E-state index contributed by atoms with van der Waals surface area (Å²) in [5.74, 6) is 1.18. The lowest BCUT2D eigenvalue weighted by Gasteiger charge is -2.24. The van der Waals surface area contributed by atoms with E-state index in [0.29, 0.717) is 17.1 Å². The van der Waals surface area contributed by atoms with Crippen LogP contribution in [-0.2, 0) is 0 Å². The Balaban J connectivity index is 1.67. The number of amides is 1. The topological polar surface area (TPSA) is 51.7 Å². The highest BCUT2D eigenvalue weighted by atomic mass is 32.1. The van der Waals surface area contributed by atoms with E-state index in [2.05, 4.69) is 6.07 Å². The Labute approximate surface area is 156 Å². The second-order valence-corrected chi connectivity index (χ2v) is 7.30. The molecule has 1 atom stereocenters. The summed E-state index contributed by atoms with van der Waals surface area (Å²) in [5, 5.41) is 1.00. The van der Waals surface area contributed by atoms with Gasteiger partial charge in [0, 0.05) is 12.6 Å². The van der Waals surface area contributed by atoms with E-state index in [0.717, 1.165) is 34.6 Å². The van der Waals surface area contributed by atoms with Gasteiger partial charge in [-0.3, -0.25) is 4.79 Å². The number of hydrogen-bond acceptors (Lipinski definition) is 5. The molecule has 2 aromatic carbocycles. The number of thiazole rings is 1. The summed E-state index contributed by atoms with van der Waals surface area (Å²) in [6.45, 7) is 0.731. The molecule has 1 aliphatic rings. The van der Waals surface area contributed by atoms with Crippen molar-refractivity contribution in [2.45, 2.75) is 18.9 Å². The fraction of sp³-hybridized carbons (Fsp3) is 0.300. The van der Waals surface area contributed by atoms with Gasteiger partial charge >= 0.3 is 0 Å². The number of benzene rings is 2. The molecule has 0 N–H and O–H groups in total. The molecule has 6 heteroatoms. The second-order valence-electron chi connectivity index (χ2n) is 6.24. The fourth-order valence-corrected chi connectivity index (χ4v) is 4.54. The monoisotopic (exact) mass is 368 g/mol. The average molecular weight is 368 g/mol. The molecule has 2 heterocycles. The quantitative estimate of drug-likeness (QED) is 0.689. The lowest BCUT2D eigenvalue weighted by molar-refractivity contribution is 0.0732. The minimum atomic E-state index is -0.0220. The van der Waals surface area contributed by atoms with E-state index < -0.39 is 0 Å². The number of likely N-dealkylation sites (tertiary alicyclic amines) is 1. The fourth-order valence-electron chi connectivity index (χ4n) is 3.43. The first-order chi connectivity index (χ1) is 12.7. The van der Waals surface area contributed by atoms with Gasteiger partial charge in [-0.1, -0.05) is 12.1 Å². The van der Waals surface area contributed by atoms with Crippen LogP contribution in [0.2, 0.25) is 0 Å². The number of methoxy groups -OCH3 is 2. The molecule has 1 saturated heterocycles.